The maximum atomic E-state index is 10.4. The molecule has 3 unspecified atom stereocenters. The zero-order chi connectivity index (χ0) is 16.2. The number of carbonyl (C=O) groups is 1. The summed E-state index contributed by atoms with van der Waals surface area (Å²) in [6.07, 6.45) is 16.8. The van der Waals surface area contributed by atoms with Gasteiger partial charge in [-0.05, 0) is 74.0 Å². The lowest BCUT2D eigenvalue weighted by molar-refractivity contribution is -0.137. The molecule has 6 atom stereocenters. The Morgan fingerprint density at radius 3 is 1.96 bits per heavy atom. The molecule has 0 saturated heterocycles. The van der Waals surface area contributed by atoms with Gasteiger partial charge >= 0.3 is 5.97 Å². The molecule has 2 nitrogen and oxygen atoms in total. The number of hydrogen-bond donors (Lipinski definition) is 1. The molecule has 3 saturated carbocycles. The van der Waals surface area contributed by atoms with Gasteiger partial charge < -0.3 is 5.11 Å². The Balaban J connectivity index is 1.13. The van der Waals surface area contributed by atoms with E-state index in [0.717, 1.165) is 48.3 Å². The number of carboxylic acid groups (broad SMARTS) is 1. The predicted octanol–water partition coefficient (Wildman–Crippen LogP) is 5.90. The molecule has 3 rings (SSSR count). The number of carboxylic acids is 1. The lowest BCUT2D eigenvalue weighted by Gasteiger charge is -2.02. The van der Waals surface area contributed by atoms with E-state index in [1.54, 1.807) is 19.3 Å². The van der Waals surface area contributed by atoms with Gasteiger partial charge in [-0.1, -0.05) is 45.4 Å². The van der Waals surface area contributed by atoms with Crippen LogP contribution >= 0.6 is 0 Å². The summed E-state index contributed by atoms with van der Waals surface area (Å²) in [4.78, 5) is 10.4. The van der Waals surface area contributed by atoms with Crippen molar-refractivity contribution < 1.29 is 9.90 Å². The van der Waals surface area contributed by atoms with Crippen molar-refractivity contribution in [1.29, 1.82) is 0 Å². The third kappa shape index (κ3) is 5.80. The van der Waals surface area contributed by atoms with Gasteiger partial charge in [0, 0.05) is 6.42 Å². The molecule has 0 aromatic rings. The third-order valence-corrected chi connectivity index (χ3v) is 6.91. The van der Waals surface area contributed by atoms with E-state index < -0.39 is 5.97 Å². The molecule has 0 radical (unpaired) electrons. The van der Waals surface area contributed by atoms with Gasteiger partial charge in [-0.2, -0.15) is 0 Å². The monoisotopic (exact) mass is 320 g/mol. The van der Waals surface area contributed by atoms with Crippen LogP contribution < -0.4 is 0 Å². The van der Waals surface area contributed by atoms with Crippen molar-refractivity contribution >= 4 is 5.97 Å². The van der Waals surface area contributed by atoms with Crippen molar-refractivity contribution in [2.75, 3.05) is 0 Å². The maximum Gasteiger partial charge on any atom is 0.303 e. The fourth-order valence-corrected chi connectivity index (χ4v) is 4.93. The van der Waals surface area contributed by atoms with E-state index in [-0.39, 0.29) is 0 Å². The molecule has 0 amide bonds. The Morgan fingerprint density at radius 2 is 1.30 bits per heavy atom. The summed E-state index contributed by atoms with van der Waals surface area (Å²) >= 11 is 0. The minimum Gasteiger partial charge on any atom is -0.481 e. The summed E-state index contributed by atoms with van der Waals surface area (Å²) < 4.78 is 0. The van der Waals surface area contributed by atoms with E-state index >= 15 is 0 Å². The van der Waals surface area contributed by atoms with Crippen LogP contribution in [-0.2, 0) is 4.79 Å². The van der Waals surface area contributed by atoms with E-state index in [0.29, 0.717) is 6.42 Å². The van der Waals surface area contributed by atoms with Crippen molar-refractivity contribution in [3.05, 3.63) is 0 Å². The van der Waals surface area contributed by atoms with Crippen LogP contribution in [0.1, 0.15) is 90.4 Å². The van der Waals surface area contributed by atoms with Crippen LogP contribution in [0.25, 0.3) is 0 Å². The van der Waals surface area contributed by atoms with E-state index in [9.17, 15) is 4.79 Å². The molecule has 3 fully saturated rings. The van der Waals surface area contributed by atoms with Crippen LogP contribution in [-0.4, -0.2) is 11.1 Å². The van der Waals surface area contributed by atoms with Gasteiger partial charge in [-0.25, -0.2) is 0 Å². The second-order valence-electron chi connectivity index (χ2n) is 8.85. The van der Waals surface area contributed by atoms with Gasteiger partial charge in [0.1, 0.15) is 0 Å². The zero-order valence-corrected chi connectivity index (χ0v) is 15.0. The minimum atomic E-state index is -0.642. The van der Waals surface area contributed by atoms with Gasteiger partial charge in [-0.3, -0.25) is 4.79 Å². The van der Waals surface area contributed by atoms with Crippen molar-refractivity contribution in [2.45, 2.75) is 90.4 Å². The number of hydrogen-bond acceptors (Lipinski definition) is 1. The van der Waals surface area contributed by atoms with Gasteiger partial charge in [-0.15, -0.1) is 0 Å². The summed E-state index contributed by atoms with van der Waals surface area (Å²) in [7, 11) is 0. The Bertz CT molecular complexity index is 391. The van der Waals surface area contributed by atoms with Crippen LogP contribution in [0.5, 0.6) is 0 Å². The Kier molecular flexibility index (Phi) is 6.04. The summed E-state index contributed by atoms with van der Waals surface area (Å²) in [6.45, 7) is 2.36. The zero-order valence-electron chi connectivity index (χ0n) is 15.0. The molecule has 0 spiro atoms. The molecule has 0 bridgehead atoms. The highest BCUT2D eigenvalue weighted by atomic mass is 16.4. The predicted molar refractivity (Wildman–Crippen MR) is 94.3 cm³/mol. The molecule has 0 aliphatic heterocycles. The Hall–Kier alpha value is -0.530. The lowest BCUT2D eigenvalue weighted by atomic mass is 10.0. The first-order valence-corrected chi connectivity index (χ1v) is 10.4. The summed E-state index contributed by atoms with van der Waals surface area (Å²) in [5.41, 5.74) is 0. The lowest BCUT2D eigenvalue weighted by Crippen LogP contribution is -1.93. The molecule has 3 aliphatic rings. The van der Waals surface area contributed by atoms with Gasteiger partial charge in [0.2, 0.25) is 0 Å². The molecule has 2 heteroatoms. The summed E-state index contributed by atoms with van der Waals surface area (Å²) in [6, 6.07) is 0. The maximum absolute atomic E-state index is 10.4. The minimum absolute atomic E-state index is 0.354. The largest absolute Gasteiger partial charge is 0.481 e. The number of aliphatic carboxylic acids is 1. The van der Waals surface area contributed by atoms with E-state index in [1.165, 1.54) is 44.9 Å². The Morgan fingerprint density at radius 1 is 0.783 bits per heavy atom. The second kappa shape index (κ2) is 8.03. The van der Waals surface area contributed by atoms with Crippen molar-refractivity contribution in [2.24, 2.45) is 35.5 Å². The number of rotatable bonds is 13. The van der Waals surface area contributed by atoms with Crippen molar-refractivity contribution in [1.82, 2.24) is 0 Å². The molecule has 132 valence electrons. The highest BCUT2D eigenvalue weighted by Crippen LogP contribution is 2.58. The SMILES string of the molecule is CCC1C[C@@H]1CC1C[C@@H]1CC1C[C@H]1CCCCCCCC(=O)O. The van der Waals surface area contributed by atoms with Crippen LogP contribution in [0.2, 0.25) is 0 Å². The molecule has 0 aromatic heterocycles. The van der Waals surface area contributed by atoms with Crippen LogP contribution in [0.4, 0.5) is 0 Å². The highest BCUT2D eigenvalue weighted by molar-refractivity contribution is 5.66. The van der Waals surface area contributed by atoms with E-state index in [1.807, 2.05) is 0 Å². The molecule has 1 N–H and O–H groups in total. The topological polar surface area (TPSA) is 37.3 Å². The van der Waals surface area contributed by atoms with Crippen molar-refractivity contribution in [3.8, 4) is 0 Å². The van der Waals surface area contributed by atoms with E-state index in [2.05, 4.69) is 6.92 Å². The van der Waals surface area contributed by atoms with Crippen LogP contribution in [0.15, 0.2) is 0 Å². The normalized spacial score (nSPS) is 37.6. The molecular formula is C21H36O2. The first-order chi connectivity index (χ1) is 11.2. The highest BCUT2D eigenvalue weighted by Gasteiger charge is 2.48. The van der Waals surface area contributed by atoms with Crippen LogP contribution in [0, 0.1) is 35.5 Å². The molecular weight excluding hydrogens is 284 g/mol. The first kappa shape index (κ1) is 17.3. The molecule has 23 heavy (non-hydrogen) atoms. The molecule has 0 aromatic carbocycles. The molecule has 0 heterocycles. The van der Waals surface area contributed by atoms with Gasteiger partial charge in [0.15, 0.2) is 0 Å². The fraction of sp³-hybridized carbons (Fsp3) is 0.952. The quantitative estimate of drug-likeness (QED) is 0.429. The van der Waals surface area contributed by atoms with Crippen LogP contribution in [0.3, 0.4) is 0 Å². The smallest absolute Gasteiger partial charge is 0.303 e. The fourth-order valence-electron chi connectivity index (χ4n) is 4.93. The van der Waals surface area contributed by atoms with E-state index in [4.69, 9.17) is 5.11 Å². The standard InChI is InChI=1S/C21H36O2/c1-2-15-10-17(15)12-19-14-20(19)13-18-11-16(18)8-6-4-3-5-7-9-21(22)23/h15-20H,2-14H2,1H3,(H,22,23)/t15?,16-,17-,18?,19?,20+/m1/s1. The average Bonchev–Trinajstić information content (AvgIpc) is 3.40. The Labute approximate surface area is 142 Å². The number of unbranched alkanes of at least 4 members (excludes halogenated alkanes) is 4. The van der Waals surface area contributed by atoms with Crippen molar-refractivity contribution in [3.63, 3.8) is 0 Å². The summed E-state index contributed by atoms with van der Waals surface area (Å²) in [5.74, 6) is 5.94. The average molecular weight is 321 g/mol. The van der Waals surface area contributed by atoms with Gasteiger partial charge in [0.05, 0.1) is 0 Å². The third-order valence-electron chi connectivity index (χ3n) is 6.91. The second-order valence-corrected chi connectivity index (χ2v) is 8.85. The van der Waals surface area contributed by atoms with Gasteiger partial charge in [0.25, 0.3) is 0 Å². The molecule has 3 aliphatic carbocycles. The summed E-state index contributed by atoms with van der Waals surface area (Å²) in [5, 5.41) is 8.60. The first-order valence-electron chi connectivity index (χ1n) is 10.4.